The Morgan fingerprint density at radius 3 is 2.56 bits per heavy atom. The summed E-state index contributed by atoms with van der Waals surface area (Å²) in [5.41, 5.74) is 5.88. The van der Waals surface area contributed by atoms with E-state index in [2.05, 4.69) is 6.92 Å². The quantitative estimate of drug-likeness (QED) is 0.494. The first kappa shape index (κ1) is 7.07. The first-order valence-corrected chi connectivity index (χ1v) is 4.06. The van der Waals surface area contributed by atoms with Gasteiger partial charge in [-0.3, -0.25) is 0 Å². The minimum atomic E-state index is 0.493. The normalized spacial score (nSPS) is 38.0. The van der Waals surface area contributed by atoms with Crippen molar-refractivity contribution in [1.29, 1.82) is 0 Å². The fourth-order valence-corrected chi connectivity index (χ4v) is 1.52. The van der Waals surface area contributed by atoms with Gasteiger partial charge in [0.1, 0.15) is 0 Å². The van der Waals surface area contributed by atoms with Gasteiger partial charge in [-0.1, -0.05) is 26.2 Å². The topological polar surface area (TPSA) is 26.0 Å². The van der Waals surface area contributed by atoms with Crippen LogP contribution in [0, 0.1) is 5.92 Å². The summed E-state index contributed by atoms with van der Waals surface area (Å²) < 4.78 is 0. The van der Waals surface area contributed by atoms with Gasteiger partial charge in [-0.15, -0.1) is 0 Å². The molecule has 1 aliphatic rings. The van der Waals surface area contributed by atoms with Crippen molar-refractivity contribution < 1.29 is 0 Å². The predicted molar refractivity (Wildman–Crippen MR) is 40.2 cm³/mol. The number of hydrogen-bond acceptors (Lipinski definition) is 1. The third kappa shape index (κ3) is 1.98. The molecular weight excluding hydrogens is 110 g/mol. The lowest BCUT2D eigenvalue weighted by atomic mass is 9.98. The maximum Gasteiger partial charge on any atom is 0.00645 e. The molecule has 0 aromatic carbocycles. The fraction of sp³-hybridized carbons (Fsp3) is 1.00. The summed E-state index contributed by atoms with van der Waals surface area (Å²) >= 11 is 0. The molecule has 0 radical (unpaired) electrons. The van der Waals surface area contributed by atoms with Crippen LogP contribution >= 0.6 is 0 Å². The van der Waals surface area contributed by atoms with Crippen molar-refractivity contribution in [2.75, 3.05) is 0 Å². The van der Waals surface area contributed by atoms with E-state index in [1.54, 1.807) is 0 Å². The third-order valence-electron chi connectivity index (χ3n) is 2.43. The van der Waals surface area contributed by atoms with Crippen molar-refractivity contribution in [3.8, 4) is 0 Å². The Morgan fingerprint density at radius 1 is 1.11 bits per heavy atom. The van der Waals surface area contributed by atoms with Gasteiger partial charge in [0.15, 0.2) is 0 Å². The van der Waals surface area contributed by atoms with E-state index in [1.807, 2.05) is 0 Å². The first-order valence-electron chi connectivity index (χ1n) is 4.06. The highest BCUT2D eigenvalue weighted by Gasteiger charge is 2.14. The van der Waals surface area contributed by atoms with Gasteiger partial charge in [0.05, 0.1) is 0 Å². The summed E-state index contributed by atoms with van der Waals surface area (Å²) in [6, 6.07) is 0.493. The molecule has 1 saturated carbocycles. The second kappa shape index (κ2) is 3.21. The summed E-state index contributed by atoms with van der Waals surface area (Å²) in [5, 5.41) is 0. The van der Waals surface area contributed by atoms with E-state index >= 15 is 0 Å². The van der Waals surface area contributed by atoms with Gasteiger partial charge >= 0.3 is 0 Å². The van der Waals surface area contributed by atoms with Crippen molar-refractivity contribution >= 4 is 0 Å². The van der Waals surface area contributed by atoms with E-state index in [0.29, 0.717) is 6.04 Å². The standard InChI is InChI=1S/C8H17N/c1-7-5-3-2-4-6-8(7)9/h7-8H,2-6,9H2,1H3/t7-,8+/m1/s1. The molecule has 1 fully saturated rings. The molecule has 1 rings (SSSR count). The van der Waals surface area contributed by atoms with Crippen LogP contribution in [0.2, 0.25) is 0 Å². The smallest absolute Gasteiger partial charge is 0.00645 e. The molecule has 1 aliphatic carbocycles. The Balaban J connectivity index is 2.32. The summed E-state index contributed by atoms with van der Waals surface area (Å²) in [4.78, 5) is 0. The van der Waals surface area contributed by atoms with Crippen LogP contribution in [0.5, 0.6) is 0 Å². The van der Waals surface area contributed by atoms with Gasteiger partial charge in [-0.25, -0.2) is 0 Å². The van der Waals surface area contributed by atoms with Gasteiger partial charge in [0, 0.05) is 6.04 Å². The van der Waals surface area contributed by atoms with Crippen molar-refractivity contribution in [3.05, 3.63) is 0 Å². The Hall–Kier alpha value is -0.0400. The lowest BCUT2D eigenvalue weighted by molar-refractivity contribution is 0.432. The molecular formula is C8H17N. The van der Waals surface area contributed by atoms with Crippen LogP contribution in [0.15, 0.2) is 0 Å². The highest BCUT2D eigenvalue weighted by molar-refractivity contribution is 4.72. The monoisotopic (exact) mass is 127 g/mol. The molecule has 0 aliphatic heterocycles. The molecule has 0 heterocycles. The van der Waals surface area contributed by atoms with Crippen LogP contribution in [-0.2, 0) is 0 Å². The van der Waals surface area contributed by atoms with Crippen molar-refractivity contribution in [1.82, 2.24) is 0 Å². The molecule has 0 saturated heterocycles. The molecule has 0 unspecified atom stereocenters. The lowest BCUT2D eigenvalue weighted by Crippen LogP contribution is -2.26. The Kier molecular flexibility index (Phi) is 2.52. The molecule has 0 amide bonds. The van der Waals surface area contributed by atoms with E-state index in [1.165, 1.54) is 32.1 Å². The van der Waals surface area contributed by atoms with Crippen LogP contribution in [0.3, 0.4) is 0 Å². The van der Waals surface area contributed by atoms with Crippen LogP contribution in [0.1, 0.15) is 39.0 Å². The summed E-state index contributed by atoms with van der Waals surface area (Å²) in [6.07, 6.45) is 6.75. The summed E-state index contributed by atoms with van der Waals surface area (Å²) in [7, 11) is 0. The largest absolute Gasteiger partial charge is 0.327 e. The summed E-state index contributed by atoms with van der Waals surface area (Å²) in [5.74, 6) is 0.771. The van der Waals surface area contributed by atoms with Gasteiger partial charge < -0.3 is 5.73 Å². The van der Waals surface area contributed by atoms with E-state index < -0.39 is 0 Å². The zero-order valence-electron chi connectivity index (χ0n) is 6.27. The Labute approximate surface area is 57.6 Å². The van der Waals surface area contributed by atoms with E-state index in [9.17, 15) is 0 Å². The second-order valence-electron chi connectivity index (χ2n) is 3.28. The Morgan fingerprint density at radius 2 is 1.78 bits per heavy atom. The molecule has 1 nitrogen and oxygen atoms in total. The maximum absolute atomic E-state index is 5.88. The summed E-state index contributed by atoms with van der Waals surface area (Å²) in [6.45, 7) is 2.27. The maximum atomic E-state index is 5.88. The molecule has 2 atom stereocenters. The predicted octanol–water partition coefficient (Wildman–Crippen LogP) is 1.91. The number of nitrogens with two attached hydrogens (primary N) is 1. The highest BCUT2D eigenvalue weighted by atomic mass is 14.6. The van der Waals surface area contributed by atoms with Crippen LogP contribution in [0.25, 0.3) is 0 Å². The third-order valence-corrected chi connectivity index (χ3v) is 2.43. The number of rotatable bonds is 0. The molecule has 0 spiro atoms. The Bertz CT molecular complexity index is 70.6. The van der Waals surface area contributed by atoms with Crippen LogP contribution in [-0.4, -0.2) is 6.04 Å². The van der Waals surface area contributed by atoms with Gasteiger partial charge in [-0.2, -0.15) is 0 Å². The average molecular weight is 127 g/mol. The first-order chi connectivity index (χ1) is 4.30. The zero-order chi connectivity index (χ0) is 6.69. The molecule has 2 N–H and O–H groups in total. The van der Waals surface area contributed by atoms with Gasteiger partial charge in [0.25, 0.3) is 0 Å². The lowest BCUT2D eigenvalue weighted by Gasteiger charge is -2.14. The van der Waals surface area contributed by atoms with E-state index in [-0.39, 0.29) is 0 Å². The van der Waals surface area contributed by atoms with E-state index in [0.717, 1.165) is 5.92 Å². The van der Waals surface area contributed by atoms with Gasteiger partial charge in [-0.05, 0) is 18.8 Å². The molecule has 1 heteroatoms. The minimum absolute atomic E-state index is 0.493. The SMILES string of the molecule is C[C@@H]1CCCCC[C@@H]1N. The highest BCUT2D eigenvalue weighted by Crippen LogP contribution is 2.20. The van der Waals surface area contributed by atoms with Crippen molar-refractivity contribution in [3.63, 3.8) is 0 Å². The zero-order valence-corrected chi connectivity index (χ0v) is 6.27. The molecule has 0 bridgehead atoms. The minimum Gasteiger partial charge on any atom is -0.327 e. The van der Waals surface area contributed by atoms with Crippen molar-refractivity contribution in [2.24, 2.45) is 11.7 Å². The molecule has 54 valence electrons. The van der Waals surface area contributed by atoms with Gasteiger partial charge in [0.2, 0.25) is 0 Å². The van der Waals surface area contributed by atoms with Crippen LogP contribution < -0.4 is 5.73 Å². The molecule has 0 aromatic rings. The molecule has 9 heavy (non-hydrogen) atoms. The van der Waals surface area contributed by atoms with E-state index in [4.69, 9.17) is 5.73 Å². The average Bonchev–Trinajstić information content (AvgIpc) is 1.99. The molecule has 0 aromatic heterocycles. The second-order valence-corrected chi connectivity index (χ2v) is 3.28. The van der Waals surface area contributed by atoms with Crippen LogP contribution in [0.4, 0.5) is 0 Å². The number of hydrogen-bond donors (Lipinski definition) is 1. The van der Waals surface area contributed by atoms with Crippen molar-refractivity contribution in [2.45, 2.75) is 45.1 Å². The fourth-order valence-electron chi connectivity index (χ4n) is 1.52.